The van der Waals surface area contributed by atoms with Crippen LogP contribution in [0.4, 0.5) is 4.79 Å². The fourth-order valence-corrected chi connectivity index (χ4v) is 9.30. The number of hydrogen-bond acceptors (Lipinski definition) is 12. The first-order chi connectivity index (χ1) is 28.9. The van der Waals surface area contributed by atoms with Gasteiger partial charge < -0.3 is 43.5 Å². The van der Waals surface area contributed by atoms with Crippen LogP contribution in [0.25, 0.3) is 0 Å². The van der Waals surface area contributed by atoms with E-state index in [9.17, 15) is 19.8 Å². The number of fused-ring (bicyclic) bond motifs is 3. The Morgan fingerprint density at radius 2 is 1.76 bits per heavy atom. The predicted octanol–water partition coefficient (Wildman–Crippen LogP) is 7.94. The van der Waals surface area contributed by atoms with Crippen molar-refractivity contribution in [1.82, 2.24) is 4.90 Å². The first-order valence-corrected chi connectivity index (χ1v) is 20.5. The smallest absolute Gasteiger partial charge is 0.410 e. The third-order valence-corrected chi connectivity index (χ3v) is 11.8. The van der Waals surface area contributed by atoms with E-state index in [1.54, 1.807) is 35.2 Å². The fourth-order valence-electron chi connectivity index (χ4n) is 9.30. The summed E-state index contributed by atoms with van der Waals surface area (Å²) in [6.45, 7) is 6.73. The van der Waals surface area contributed by atoms with Gasteiger partial charge in [-0.15, -0.1) is 6.58 Å². The number of benzene rings is 3. The summed E-state index contributed by atoms with van der Waals surface area (Å²) in [5.74, 6) is 0.695. The van der Waals surface area contributed by atoms with Gasteiger partial charge in [0.15, 0.2) is 11.5 Å². The number of rotatable bonds is 19. The lowest BCUT2D eigenvalue weighted by molar-refractivity contribution is -0.256. The van der Waals surface area contributed by atoms with Crippen LogP contribution in [0.2, 0.25) is 0 Å². The van der Waals surface area contributed by atoms with Gasteiger partial charge in [-0.3, -0.25) is 9.69 Å². The number of unbranched alkanes of at least 4 members (excludes halogenated alkanes) is 2. The van der Waals surface area contributed by atoms with E-state index >= 15 is 0 Å². The molecule has 2 aliphatic heterocycles. The standard InChI is InChI=1S/C46H54N2O11/c1-4-21-56-46-42(48(45(52)53-3)27-30-15-17-40-41(23-30)55-29-54-40)26-38(47-57-5-2)36-24-32(12-6-8-19-49)35(14-7-9-20-50)43(44(36)46)37-25-34(16-18-39(37)59-46)58-33-13-10-11-31(22-33)28-51/h4,10-11,13,15-18,22-25,28,32,35,42-44,49-50H,1,5-9,12,14,19-21,26-27,29H2,2-3H3. The molecular formula is C46H54N2O11. The molecule has 0 bridgehead atoms. The molecule has 2 aliphatic carbocycles. The SMILES string of the molecule is C=CCOC12Oc3ccc(Oc4cccc(C=O)c4)cc3C3C(CCCCO)C(CCCCO)C=C(C(=NOCC)CC1N(Cc1ccc4c(c1)OCO4)C(=O)OC)C32. The number of carbonyl (C=O) groups excluding carboxylic acids is 2. The Kier molecular flexibility index (Phi) is 13.5. The van der Waals surface area contributed by atoms with Gasteiger partial charge in [-0.2, -0.15) is 0 Å². The summed E-state index contributed by atoms with van der Waals surface area (Å²) in [7, 11) is 1.36. The fraction of sp³-hybridized carbons (Fsp3) is 0.457. The minimum absolute atomic E-state index is 0.0181. The summed E-state index contributed by atoms with van der Waals surface area (Å²) >= 11 is 0. The first kappa shape index (κ1) is 41.8. The van der Waals surface area contributed by atoms with Gasteiger partial charge in [0.05, 0.1) is 25.3 Å². The topological polar surface area (TPSA) is 155 Å². The summed E-state index contributed by atoms with van der Waals surface area (Å²) in [5, 5.41) is 24.5. The summed E-state index contributed by atoms with van der Waals surface area (Å²) in [6, 6.07) is 17.5. The van der Waals surface area contributed by atoms with Gasteiger partial charge in [0.25, 0.3) is 0 Å². The molecule has 2 heterocycles. The Balaban J connectivity index is 1.43. The average Bonchev–Trinajstić information content (AvgIpc) is 3.73. The third-order valence-electron chi connectivity index (χ3n) is 11.8. The molecule has 0 aromatic heterocycles. The minimum Gasteiger partial charge on any atom is -0.459 e. The lowest BCUT2D eigenvalue weighted by Gasteiger charge is -2.59. The van der Waals surface area contributed by atoms with Crippen molar-refractivity contribution < 1.29 is 53.1 Å². The number of aliphatic hydroxyl groups excluding tert-OH is 2. The van der Waals surface area contributed by atoms with Crippen molar-refractivity contribution in [3.63, 3.8) is 0 Å². The van der Waals surface area contributed by atoms with Crippen molar-refractivity contribution in [2.75, 3.05) is 40.3 Å². The monoisotopic (exact) mass is 810 g/mol. The third kappa shape index (κ3) is 8.69. The molecule has 0 saturated heterocycles. The Bertz CT molecular complexity index is 2030. The summed E-state index contributed by atoms with van der Waals surface area (Å²) < 4.78 is 37.5. The number of methoxy groups -OCH3 is 1. The van der Waals surface area contributed by atoms with Crippen LogP contribution in [-0.2, 0) is 20.9 Å². The first-order valence-electron chi connectivity index (χ1n) is 20.5. The molecule has 314 valence electrons. The second-order valence-corrected chi connectivity index (χ2v) is 15.3. The van der Waals surface area contributed by atoms with Crippen LogP contribution in [0, 0.1) is 17.8 Å². The maximum absolute atomic E-state index is 14.2. The number of carbonyl (C=O) groups is 2. The number of nitrogens with zero attached hydrogens (tertiary/aromatic N) is 2. The highest BCUT2D eigenvalue weighted by Crippen LogP contribution is 2.62. The van der Waals surface area contributed by atoms with Crippen LogP contribution in [0.5, 0.6) is 28.7 Å². The zero-order valence-electron chi connectivity index (χ0n) is 33.8. The van der Waals surface area contributed by atoms with Crippen LogP contribution < -0.4 is 18.9 Å². The number of hydrogen-bond donors (Lipinski definition) is 2. The summed E-state index contributed by atoms with van der Waals surface area (Å²) in [5.41, 5.74) is 3.77. The number of allylic oxidation sites excluding steroid dienone is 1. The van der Waals surface area contributed by atoms with E-state index in [4.69, 9.17) is 38.4 Å². The quantitative estimate of drug-likeness (QED) is 0.0525. The number of amides is 1. The van der Waals surface area contributed by atoms with Crippen molar-refractivity contribution in [3.05, 3.63) is 102 Å². The maximum Gasteiger partial charge on any atom is 0.410 e. The van der Waals surface area contributed by atoms with Gasteiger partial charge in [-0.05, 0) is 98.0 Å². The highest BCUT2D eigenvalue weighted by Gasteiger charge is 2.65. The molecule has 0 radical (unpaired) electrons. The van der Waals surface area contributed by atoms with Crippen molar-refractivity contribution in [3.8, 4) is 28.7 Å². The molecule has 6 unspecified atom stereocenters. The van der Waals surface area contributed by atoms with E-state index in [0.717, 1.165) is 48.7 Å². The molecule has 59 heavy (non-hydrogen) atoms. The maximum atomic E-state index is 14.2. The van der Waals surface area contributed by atoms with E-state index in [1.807, 2.05) is 43.3 Å². The van der Waals surface area contributed by atoms with Gasteiger partial charge >= 0.3 is 6.09 Å². The van der Waals surface area contributed by atoms with Gasteiger partial charge in [0.1, 0.15) is 36.2 Å². The molecule has 1 amide bonds. The molecule has 7 rings (SSSR count). The Labute approximate surface area is 345 Å². The summed E-state index contributed by atoms with van der Waals surface area (Å²) in [4.78, 5) is 33.3. The molecule has 1 fully saturated rings. The van der Waals surface area contributed by atoms with Crippen molar-refractivity contribution >= 4 is 18.1 Å². The molecule has 1 saturated carbocycles. The molecule has 13 nitrogen and oxygen atoms in total. The van der Waals surface area contributed by atoms with Crippen molar-refractivity contribution in [2.24, 2.45) is 22.9 Å². The van der Waals surface area contributed by atoms with Crippen LogP contribution >= 0.6 is 0 Å². The highest BCUT2D eigenvalue weighted by atomic mass is 16.7. The van der Waals surface area contributed by atoms with E-state index in [2.05, 4.69) is 12.7 Å². The Morgan fingerprint density at radius 1 is 0.983 bits per heavy atom. The van der Waals surface area contributed by atoms with Gasteiger partial charge in [-0.1, -0.05) is 48.3 Å². The zero-order chi connectivity index (χ0) is 41.4. The molecule has 3 aromatic carbocycles. The van der Waals surface area contributed by atoms with Gasteiger partial charge in [0, 0.05) is 43.2 Å². The lowest BCUT2D eigenvalue weighted by Crippen LogP contribution is -2.70. The Hall–Kier alpha value is -5.37. The molecule has 2 N–H and O–H groups in total. The zero-order valence-corrected chi connectivity index (χ0v) is 33.8. The van der Waals surface area contributed by atoms with E-state index in [1.165, 1.54) is 7.11 Å². The van der Waals surface area contributed by atoms with E-state index in [0.29, 0.717) is 59.5 Å². The molecular weight excluding hydrogens is 757 g/mol. The van der Waals surface area contributed by atoms with Gasteiger partial charge in [0.2, 0.25) is 12.6 Å². The van der Waals surface area contributed by atoms with Crippen LogP contribution in [0.3, 0.4) is 0 Å². The summed E-state index contributed by atoms with van der Waals surface area (Å²) in [6.07, 6.45) is 8.86. The van der Waals surface area contributed by atoms with Crippen molar-refractivity contribution in [1.29, 1.82) is 0 Å². The second-order valence-electron chi connectivity index (χ2n) is 15.3. The van der Waals surface area contributed by atoms with Crippen LogP contribution in [0.1, 0.15) is 79.3 Å². The molecule has 4 aliphatic rings. The predicted molar refractivity (Wildman–Crippen MR) is 219 cm³/mol. The second kappa shape index (κ2) is 19.1. The number of aliphatic hydroxyl groups is 2. The van der Waals surface area contributed by atoms with Crippen LogP contribution in [0.15, 0.2) is 90.1 Å². The molecule has 0 spiro atoms. The van der Waals surface area contributed by atoms with Gasteiger partial charge in [-0.25, -0.2) is 4.79 Å². The van der Waals surface area contributed by atoms with E-state index in [-0.39, 0.29) is 57.3 Å². The molecule has 13 heteroatoms. The molecule has 6 atom stereocenters. The number of ether oxygens (including phenoxy) is 6. The normalized spacial score (nSPS) is 24.2. The average molecular weight is 811 g/mol. The molecule has 3 aromatic rings. The largest absolute Gasteiger partial charge is 0.459 e. The highest BCUT2D eigenvalue weighted by molar-refractivity contribution is 6.03. The van der Waals surface area contributed by atoms with Crippen molar-refractivity contribution in [2.45, 2.75) is 76.2 Å². The van der Waals surface area contributed by atoms with E-state index < -0.39 is 23.8 Å². The lowest BCUT2D eigenvalue weighted by atomic mass is 9.55. The Morgan fingerprint density at radius 3 is 2.53 bits per heavy atom. The van der Waals surface area contributed by atoms with Crippen LogP contribution in [-0.4, -0.2) is 85.4 Å². The number of aldehydes is 1. The number of oxime groups is 1. The minimum atomic E-state index is -1.47.